The molecule has 0 unspecified atom stereocenters. The number of rotatable bonds is 6. The third-order valence-electron chi connectivity index (χ3n) is 3.72. The molecule has 1 aromatic heterocycles. The Kier molecular flexibility index (Phi) is 4.93. The molecule has 1 heterocycles. The smallest absolute Gasteiger partial charge is 0.107 e. The third kappa shape index (κ3) is 3.05. The van der Waals surface area contributed by atoms with Crippen LogP contribution < -0.4 is 5.32 Å². The van der Waals surface area contributed by atoms with Crippen molar-refractivity contribution < 1.29 is 0 Å². The van der Waals surface area contributed by atoms with E-state index < -0.39 is 0 Å². The van der Waals surface area contributed by atoms with Crippen molar-refractivity contribution in [3.8, 4) is 0 Å². The van der Waals surface area contributed by atoms with Gasteiger partial charge in [-0.05, 0) is 33.1 Å². The van der Waals surface area contributed by atoms with Crippen molar-refractivity contribution >= 4 is 11.3 Å². The standard InChI is InChI=1S/C13H24N2S/c1-6-13(7-2,8-3)14-9-12-15-10(4)11(5)16-12/h14H,6-9H2,1-5H3. The molecule has 1 aromatic rings. The van der Waals surface area contributed by atoms with Crippen LogP contribution in [0.15, 0.2) is 0 Å². The van der Waals surface area contributed by atoms with Gasteiger partial charge >= 0.3 is 0 Å². The number of nitrogens with zero attached hydrogens (tertiary/aromatic N) is 1. The molecule has 16 heavy (non-hydrogen) atoms. The maximum atomic E-state index is 4.57. The molecule has 0 aromatic carbocycles. The number of thiazole rings is 1. The highest BCUT2D eigenvalue weighted by molar-refractivity contribution is 7.11. The van der Waals surface area contributed by atoms with Gasteiger partial charge in [0.15, 0.2) is 0 Å². The Labute approximate surface area is 103 Å². The van der Waals surface area contributed by atoms with Gasteiger partial charge in [-0.25, -0.2) is 4.98 Å². The van der Waals surface area contributed by atoms with Crippen LogP contribution in [0.25, 0.3) is 0 Å². The van der Waals surface area contributed by atoms with E-state index in [2.05, 4.69) is 44.9 Å². The summed E-state index contributed by atoms with van der Waals surface area (Å²) < 4.78 is 0. The van der Waals surface area contributed by atoms with Crippen LogP contribution in [-0.4, -0.2) is 10.5 Å². The van der Waals surface area contributed by atoms with Crippen LogP contribution in [0, 0.1) is 13.8 Å². The molecule has 0 aliphatic rings. The zero-order valence-corrected chi connectivity index (χ0v) is 12.0. The fourth-order valence-corrected chi connectivity index (χ4v) is 2.88. The molecule has 0 atom stereocenters. The molecule has 3 heteroatoms. The van der Waals surface area contributed by atoms with Crippen molar-refractivity contribution in [2.24, 2.45) is 0 Å². The van der Waals surface area contributed by atoms with E-state index in [-0.39, 0.29) is 0 Å². The molecule has 0 fully saturated rings. The SMILES string of the molecule is CCC(CC)(CC)NCc1nc(C)c(C)s1. The maximum Gasteiger partial charge on any atom is 0.107 e. The first-order valence-corrected chi connectivity index (χ1v) is 7.06. The van der Waals surface area contributed by atoms with Crippen molar-refractivity contribution in [3.05, 3.63) is 15.6 Å². The van der Waals surface area contributed by atoms with E-state index in [9.17, 15) is 0 Å². The second-order valence-electron chi connectivity index (χ2n) is 4.44. The average Bonchev–Trinajstić information content (AvgIpc) is 2.61. The molecule has 0 spiro atoms. The zero-order valence-electron chi connectivity index (χ0n) is 11.2. The highest BCUT2D eigenvalue weighted by Crippen LogP contribution is 2.22. The number of nitrogens with one attached hydrogen (secondary N) is 1. The van der Waals surface area contributed by atoms with Crippen LogP contribution in [0.2, 0.25) is 0 Å². The van der Waals surface area contributed by atoms with Crippen molar-refractivity contribution in [1.82, 2.24) is 10.3 Å². The van der Waals surface area contributed by atoms with Gasteiger partial charge in [0.2, 0.25) is 0 Å². The zero-order chi connectivity index (χ0) is 12.2. The Hall–Kier alpha value is -0.410. The van der Waals surface area contributed by atoms with Gasteiger partial charge in [-0.15, -0.1) is 11.3 Å². The monoisotopic (exact) mass is 240 g/mol. The van der Waals surface area contributed by atoms with Gasteiger partial charge in [-0.3, -0.25) is 0 Å². The minimum Gasteiger partial charge on any atom is -0.305 e. The summed E-state index contributed by atoms with van der Waals surface area (Å²) in [5.41, 5.74) is 1.48. The predicted molar refractivity (Wildman–Crippen MR) is 72.0 cm³/mol. The lowest BCUT2D eigenvalue weighted by molar-refractivity contribution is 0.288. The van der Waals surface area contributed by atoms with Gasteiger partial charge < -0.3 is 5.32 Å². The normalized spacial score (nSPS) is 12.1. The molecule has 0 saturated carbocycles. The Morgan fingerprint density at radius 3 is 2.06 bits per heavy atom. The maximum absolute atomic E-state index is 4.57. The molecule has 0 aliphatic heterocycles. The fraction of sp³-hybridized carbons (Fsp3) is 0.769. The third-order valence-corrected chi connectivity index (χ3v) is 4.79. The quantitative estimate of drug-likeness (QED) is 0.817. The summed E-state index contributed by atoms with van der Waals surface area (Å²) in [6.07, 6.45) is 3.55. The largest absolute Gasteiger partial charge is 0.305 e. The molecule has 0 saturated heterocycles. The summed E-state index contributed by atoms with van der Waals surface area (Å²) >= 11 is 1.81. The lowest BCUT2D eigenvalue weighted by Gasteiger charge is -2.31. The van der Waals surface area contributed by atoms with Crippen LogP contribution in [-0.2, 0) is 6.54 Å². The molecule has 0 aliphatic carbocycles. The van der Waals surface area contributed by atoms with Gasteiger partial charge in [0.25, 0.3) is 0 Å². The minimum absolute atomic E-state index is 0.299. The summed E-state index contributed by atoms with van der Waals surface area (Å²) in [5, 5.41) is 4.90. The van der Waals surface area contributed by atoms with Crippen molar-refractivity contribution in [2.45, 2.75) is 66.0 Å². The molecular weight excluding hydrogens is 216 g/mol. The summed E-state index contributed by atoms with van der Waals surface area (Å²) in [5.74, 6) is 0. The van der Waals surface area contributed by atoms with Crippen LogP contribution in [0.5, 0.6) is 0 Å². The van der Waals surface area contributed by atoms with Gasteiger partial charge in [-0.2, -0.15) is 0 Å². The van der Waals surface area contributed by atoms with Crippen molar-refractivity contribution in [3.63, 3.8) is 0 Å². The molecule has 2 nitrogen and oxygen atoms in total. The van der Waals surface area contributed by atoms with Crippen LogP contribution in [0.3, 0.4) is 0 Å². The Balaban J connectivity index is 2.62. The summed E-state index contributed by atoms with van der Waals surface area (Å²) in [4.78, 5) is 5.91. The summed E-state index contributed by atoms with van der Waals surface area (Å²) in [6, 6.07) is 0. The number of hydrogen-bond acceptors (Lipinski definition) is 3. The molecule has 0 radical (unpaired) electrons. The van der Waals surface area contributed by atoms with E-state index in [4.69, 9.17) is 0 Å². The Morgan fingerprint density at radius 1 is 1.12 bits per heavy atom. The molecule has 92 valence electrons. The van der Waals surface area contributed by atoms with Gasteiger partial charge in [0, 0.05) is 17.0 Å². The number of aromatic nitrogens is 1. The second-order valence-corrected chi connectivity index (χ2v) is 5.73. The van der Waals surface area contributed by atoms with E-state index in [1.807, 2.05) is 11.3 Å². The fourth-order valence-electron chi connectivity index (χ4n) is 2.00. The van der Waals surface area contributed by atoms with Crippen LogP contribution >= 0.6 is 11.3 Å². The van der Waals surface area contributed by atoms with E-state index in [0.29, 0.717) is 5.54 Å². The molecule has 1 N–H and O–H groups in total. The molecule has 0 amide bonds. The minimum atomic E-state index is 0.299. The second kappa shape index (κ2) is 5.78. The van der Waals surface area contributed by atoms with E-state index >= 15 is 0 Å². The summed E-state index contributed by atoms with van der Waals surface area (Å²) in [6.45, 7) is 11.9. The van der Waals surface area contributed by atoms with Crippen molar-refractivity contribution in [1.29, 1.82) is 0 Å². The van der Waals surface area contributed by atoms with Crippen LogP contribution in [0.4, 0.5) is 0 Å². The van der Waals surface area contributed by atoms with E-state index in [0.717, 1.165) is 6.54 Å². The molecule has 1 rings (SSSR count). The Morgan fingerprint density at radius 2 is 1.69 bits per heavy atom. The van der Waals surface area contributed by atoms with Crippen molar-refractivity contribution in [2.75, 3.05) is 0 Å². The lowest BCUT2D eigenvalue weighted by atomic mass is 9.90. The number of hydrogen-bond donors (Lipinski definition) is 1. The lowest BCUT2D eigenvalue weighted by Crippen LogP contribution is -2.43. The first kappa shape index (κ1) is 13.7. The van der Waals surface area contributed by atoms with Gasteiger partial charge in [-0.1, -0.05) is 20.8 Å². The first-order valence-electron chi connectivity index (χ1n) is 6.24. The number of aryl methyl sites for hydroxylation is 2. The van der Waals surface area contributed by atoms with Gasteiger partial charge in [0.1, 0.15) is 5.01 Å². The average molecular weight is 240 g/mol. The highest BCUT2D eigenvalue weighted by Gasteiger charge is 2.23. The van der Waals surface area contributed by atoms with Gasteiger partial charge in [0.05, 0.1) is 5.69 Å². The van der Waals surface area contributed by atoms with E-state index in [1.165, 1.54) is 34.8 Å². The predicted octanol–water partition coefficient (Wildman–Crippen LogP) is 3.82. The van der Waals surface area contributed by atoms with E-state index in [1.54, 1.807) is 0 Å². The Bertz CT molecular complexity index is 299. The van der Waals surface area contributed by atoms with Crippen LogP contribution in [0.1, 0.15) is 55.6 Å². The first-order chi connectivity index (χ1) is 7.56. The summed E-state index contributed by atoms with van der Waals surface area (Å²) in [7, 11) is 0. The highest BCUT2D eigenvalue weighted by atomic mass is 32.1. The topological polar surface area (TPSA) is 24.9 Å². The molecule has 0 bridgehead atoms. The molecular formula is C13H24N2S.